The lowest BCUT2D eigenvalue weighted by Gasteiger charge is -2.42. The number of anilines is 1. The molecule has 166 valence electrons. The number of aromatic amines is 1. The fraction of sp³-hybridized carbons (Fsp3) is 0.542. The number of pyridine rings is 2. The number of piperidine rings is 2. The lowest BCUT2D eigenvalue weighted by Crippen LogP contribution is -2.48. The number of hydrogen-bond acceptors (Lipinski definition) is 5. The molecule has 4 rings (SSSR count). The Morgan fingerprint density at radius 2 is 1.97 bits per heavy atom. The van der Waals surface area contributed by atoms with Crippen LogP contribution in [0.3, 0.4) is 0 Å². The number of carbonyl (C=O) groups excluding carboxylic acids is 1. The fourth-order valence-electron chi connectivity index (χ4n) is 4.95. The summed E-state index contributed by atoms with van der Waals surface area (Å²) in [6.45, 7) is 6.17. The second-order valence-corrected chi connectivity index (χ2v) is 8.65. The van der Waals surface area contributed by atoms with Crippen LogP contribution in [0.4, 0.5) is 5.69 Å². The Bertz CT molecular complexity index is 947. The van der Waals surface area contributed by atoms with Gasteiger partial charge in [-0.15, -0.1) is 0 Å². The number of amides is 1. The zero-order valence-electron chi connectivity index (χ0n) is 18.6. The number of nitrogens with one attached hydrogen (secondary N) is 2. The highest BCUT2D eigenvalue weighted by Gasteiger charge is 2.30. The molecule has 1 amide bonds. The average Bonchev–Trinajstić information content (AvgIpc) is 2.84. The van der Waals surface area contributed by atoms with Crippen LogP contribution in [0.5, 0.6) is 0 Å². The molecule has 0 spiro atoms. The summed E-state index contributed by atoms with van der Waals surface area (Å²) >= 11 is 0. The van der Waals surface area contributed by atoms with E-state index in [-0.39, 0.29) is 11.5 Å². The number of aromatic nitrogens is 2. The normalized spacial score (nSPS) is 20.6. The van der Waals surface area contributed by atoms with Crippen LogP contribution >= 0.6 is 0 Å². The molecule has 2 saturated heterocycles. The van der Waals surface area contributed by atoms with Gasteiger partial charge in [0.05, 0.1) is 11.9 Å². The van der Waals surface area contributed by atoms with Crippen LogP contribution in [0.25, 0.3) is 0 Å². The lowest BCUT2D eigenvalue weighted by molar-refractivity contribution is 0.0958. The number of aryl methyl sites for hydroxylation is 1. The van der Waals surface area contributed by atoms with Crippen LogP contribution in [-0.4, -0.2) is 60.0 Å². The number of H-pyrrole nitrogens is 1. The van der Waals surface area contributed by atoms with Crippen molar-refractivity contribution in [1.29, 1.82) is 0 Å². The van der Waals surface area contributed by atoms with Crippen molar-refractivity contribution in [2.24, 2.45) is 0 Å². The van der Waals surface area contributed by atoms with Crippen molar-refractivity contribution < 1.29 is 4.79 Å². The van der Waals surface area contributed by atoms with Crippen LogP contribution in [0, 0.1) is 0 Å². The van der Waals surface area contributed by atoms with Crippen molar-refractivity contribution in [1.82, 2.24) is 20.2 Å². The van der Waals surface area contributed by atoms with E-state index in [2.05, 4.69) is 31.2 Å². The maximum Gasteiger partial charge on any atom is 0.269 e. The van der Waals surface area contributed by atoms with Gasteiger partial charge in [-0.2, -0.15) is 0 Å². The van der Waals surface area contributed by atoms with Gasteiger partial charge in [-0.1, -0.05) is 13.0 Å². The van der Waals surface area contributed by atoms with Crippen LogP contribution in [0.1, 0.15) is 60.3 Å². The molecule has 2 fully saturated rings. The number of rotatable bonds is 5. The molecule has 0 saturated carbocycles. The molecule has 2 N–H and O–H groups in total. The highest BCUT2D eigenvalue weighted by molar-refractivity contribution is 5.92. The molecule has 7 nitrogen and oxygen atoms in total. The third kappa shape index (κ3) is 4.82. The van der Waals surface area contributed by atoms with E-state index >= 15 is 0 Å². The number of nitrogens with zero attached hydrogens (tertiary/aromatic N) is 3. The van der Waals surface area contributed by atoms with E-state index in [1.54, 1.807) is 19.3 Å². The van der Waals surface area contributed by atoms with Gasteiger partial charge in [0.25, 0.3) is 11.5 Å². The Morgan fingerprint density at radius 1 is 1.16 bits per heavy atom. The zero-order valence-corrected chi connectivity index (χ0v) is 18.6. The molecular weight excluding hydrogens is 390 g/mol. The lowest BCUT2D eigenvalue weighted by atomic mass is 9.91. The molecule has 0 radical (unpaired) electrons. The van der Waals surface area contributed by atoms with Crippen molar-refractivity contribution in [3.8, 4) is 0 Å². The van der Waals surface area contributed by atoms with Gasteiger partial charge >= 0.3 is 0 Å². The minimum atomic E-state index is -0.157. The van der Waals surface area contributed by atoms with Gasteiger partial charge in [0.15, 0.2) is 0 Å². The third-order valence-corrected chi connectivity index (χ3v) is 6.84. The van der Waals surface area contributed by atoms with Crippen LogP contribution in [-0.2, 0) is 6.42 Å². The van der Waals surface area contributed by atoms with Gasteiger partial charge < -0.3 is 15.2 Å². The maximum atomic E-state index is 12.2. The van der Waals surface area contributed by atoms with Gasteiger partial charge in [-0.3, -0.25) is 14.5 Å². The molecule has 4 heterocycles. The first-order valence-corrected chi connectivity index (χ1v) is 11.5. The van der Waals surface area contributed by atoms with Crippen molar-refractivity contribution >= 4 is 11.6 Å². The first kappa shape index (κ1) is 21.6. The average molecular weight is 424 g/mol. The summed E-state index contributed by atoms with van der Waals surface area (Å²) < 4.78 is 0. The van der Waals surface area contributed by atoms with Crippen LogP contribution in [0.2, 0.25) is 0 Å². The smallest absolute Gasteiger partial charge is 0.269 e. The van der Waals surface area contributed by atoms with Gasteiger partial charge in [0, 0.05) is 49.9 Å². The molecule has 0 aliphatic carbocycles. The van der Waals surface area contributed by atoms with E-state index < -0.39 is 0 Å². The molecule has 1 unspecified atom stereocenters. The molecule has 0 bridgehead atoms. The first-order valence-electron chi connectivity index (χ1n) is 11.5. The first-order chi connectivity index (χ1) is 15.1. The minimum Gasteiger partial charge on any atom is -0.370 e. The van der Waals surface area contributed by atoms with Gasteiger partial charge in [0.1, 0.15) is 5.69 Å². The molecule has 7 heteroatoms. The molecule has 0 aromatic carbocycles. The van der Waals surface area contributed by atoms with Crippen LogP contribution in [0.15, 0.2) is 35.3 Å². The van der Waals surface area contributed by atoms with E-state index in [9.17, 15) is 9.59 Å². The summed E-state index contributed by atoms with van der Waals surface area (Å²) in [7, 11) is 1.62. The van der Waals surface area contributed by atoms with E-state index in [1.165, 1.54) is 6.42 Å². The Hall–Kier alpha value is -2.67. The number of hydrogen-bond donors (Lipinski definition) is 2. The molecule has 31 heavy (non-hydrogen) atoms. The van der Waals surface area contributed by atoms with Crippen molar-refractivity contribution in [2.75, 3.05) is 38.1 Å². The largest absolute Gasteiger partial charge is 0.370 e. The van der Waals surface area contributed by atoms with Crippen molar-refractivity contribution in [2.45, 2.75) is 51.0 Å². The SMILES string of the molecule is CCc1ccc(C2CCCN(C3CCN(c4ccc(C(=O)NC)nc4)CC3)C2)[nH]c1=O. The van der Waals surface area contributed by atoms with E-state index in [4.69, 9.17) is 0 Å². The molecule has 1 atom stereocenters. The quantitative estimate of drug-likeness (QED) is 0.772. The second-order valence-electron chi connectivity index (χ2n) is 8.65. The third-order valence-electron chi connectivity index (χ3n) is 6.84. The number of likely N-dealkylation sites (tertiary alicyclic amines) is 1. The fourth-order valence-corrected chi connectivity index (χ4v) is 4.95. The summed E-state index contributed by atoms with van der Waals surface area (Å²) in [4.78, 5) is 36.4. The summed E-state index contributed by atoms with van der Waals surface area (Å²) in [5, 5.41) is 2.61. The van der Waals surface area contributed by atoms with Crippen LogP contribution < -0.4 is 15.8 Å². The van der Waals surface area contributed by atoms with Gasteiger partial charge in [0.2, 0.25) is 0 Å². The molecule has 2 aliphatic rings. The van der Waals surface area contributed by atoms with E-state index in [1.807, 2.05) is 19.1 Å². The molecule has 2 aromatic heterocycles. The Balaban J connectivity index is 1.34. The predicted molar refractivity (Wildman–Crippen MR) is 123 cm³/mol. The van der Waals surface area contributed by atoms with E-state index in [0.29, 0.717) is 17.7 Å². The van der Waals surface area contributed by atoms with Crippen molar-refractivity contribution in [3.05, 3.63) is 57.8 Å². The Kier molecular flexibility index (Phi) is 6.70. The second kappa shape index (κ2) is 9.64. The maximum absolute atomic E-state index is 12.2. The summed E-state index contributed by atoms with van der Waals surface area (Å²) in [6.07, 6.45) is 7.13. The van der Waals surface area contributed by atoms with Gasteiger partial charge in [-0.25, -0.2) is 4.98 Å². The van der Waals surface area contributed by atoms with Crippen molar-refractivity contribution in [3.63, 3.8) is 0 Å². The molecular formula is C24H33N5O2. The Morgan fingerprint density at radius 3 is 2.61 bits per heavy atom. The zero-order chi connectivity index (χ0) is 21.8. The summed E-state index contributed by atoms with van der Waals surface area (Å²) in [5.74, 6) is 0.252. The summed E-state index contributed by atoms with van der Waals surface area (Å²) in [5.41, 5.74) is 3.55. The van der Waals surface area contributed by atoms with Gasteiger partial charge in [-0.05, 0) is 56.8 Å². The predicted octanol–water partition coefficient (Wildman–Crippen LogP) is 2.54. The number of carbonyl (C=O) groups is 1. The highest BCUT2D eigenvalue weighted by atomic mass is 16.1. The molecule has 2 aliphatic heterocycles. The standard InChI is InChI=1S/C24H33N5O2/c1-3-17-6-8-21(27-23(17)30)18-5-4-12-29(16-18)19-10-13-28(14-11-19)20-7-9-22(26-15-20)24(31)25-2/h6-9,15,18-19H,3-5,10-14,16H2,1-2H3,(H,25,31)(H,27,30). The Labute approximate surface area is 183 Å². The topological polar surface area (TPSA) is 81.3 Å². The highest BCUT2D eigenvalue weighted by Crippen LogP contribution is 2.30. The molecule has 2 aromatic rings. The summed E-state index contributed by atoms with van der Waals surface area (Å²) in [6, 6.07) is 8.48. The van der Waals surface area contributed by atoms with E-state index in [0.717, 1.165) is 68.8 Å². The minimum absolute atomic E-state index is 0.0708. The monoisotopic (exact) mass is 423 g/mol.